The molecule has 0 aliphatic carbocycles. The summed E-state index contributed by atoms with van der Waals surface area (Å²) in [7, 11) is 0. The van der Waals surface area contributed by atoms with Crippen molar-refractivity contribution in [1.29, 1.82) is 0 Å². The molecule has 0 amide bonds. The summed E-state index contributed by atoms with van der Waals surface area (Å²) in [5, 5.41) is 12.4. The molecule has 6 heteroatoms. The number of nitrogens with zero attached hydrogens (tertiary/aromatic N) is 2. The van der Waals surface area contributed by atoms with E-state index in [0.717, 1.165) is 9.78 Å². The SMILES string of the molecule is O=[N+]([O-])c1cc2[se]cnc2cc1Cl. The van der Waals surface area contributed by atoms with E-state index in [-0.39, 0.29) is 25.2 Å². The molecule has 0 fully saturated rings. The number of rotatable bonds is 1. The summed E-state index contributed by atoms with van der Waals surface area (Å²) >= 11 is 5.81. The molecule has 0 radical (unpaired) electrons. The Kier molecular flexibility index (Phi) is 2.07. The summed E-state index contributed by atoms with van der Waals surface area (Å²) in [5.74, 6) is 0. The maximum atomic E-state index is 10.5. The van der Waals surface area contributed by atoms with E-state index in [1.54, 1.807) is 11.1 Å². The second kappa shape index (κ2) is 3.10. The van der Waals surface area contributed by atoms with Gasteiger partial charge in [-0.1, -0.05) is 0 Å². The van der Waals surface area contributed by atoms with Crippen LogP contribution in [0.4, 0.5) is 5.69 Å². The zero-order valence-corrected chi connectivity index (χ0v) is 8.70. The molecule has 0 saturated heterocycles. The van der Waals surface area contributed by atoms with Crippen molar-refractivity contribution in [1.82, 2.24) is 4.98 Å². The van der Waals surface area contributed by atoms with Gasteiger partial charge in [0, 0.05) is 0 Å². The molecule has 4 nitrogen and oxygen atoms in total. The maximum absolute atomic E-state index is 10.5. The molecule has 0 saturated carbocycles. The van der Waals surface area contributed by atoms with E-state index in [0.29, 0.717) is 0 Å². The number of hydrogen-bond donors (Lipinski definition) is 0. The minimum absolute atomic E-state index is 0.0345. The van der Waals surface area contributed by atoms with E-state index in [4.69, 9.17) is 11.6 Å². The number of fused-ring (bicyclic) bond motifs is 1. The van der Waals surface area contributed by atoms with Gasteiger partial charge in [0.25, 0.3) is 0 Å². The van der Waals surface area contributed by atoms with Gasteiger partial charge < -0.3 is 0 Å². The van der Waals surface area contributed by atoms with E-state index < -0.39 is 4.92 Å². The number of aromatic nitrogens is 1. The van der Waals surface area contributed by atoms with E-state index in [1.807, 2.05) is 0 Å². The third-order valence-corrected chi connectivity index (χ3v) is 3.56. The third kappa shape index (κ3) is 1.46. The van der Waals surface area contributed by atoms with E-state index in [2.05, 4.69) is 4.98 Å². The van der Waals surface area contributed by atoms with E-state index >= 15 is 0 Å². The molecule has 2 aromatic rings. The Morgan fingerprint density at radius 1 is 1.54 bits per heavy atom. The molecule has 1 heterocycles. The summed E-state index contributed by atoms with van der Waals surface area (Å²) < 4.78 is 0.920. The van der Waals surface area contributed by atoms with Crippen LogP contribution < -0.4 is 0 Å². The molecule has 0 unspecified atom stereocenters. The molecule has 1 aromatic carbocycles. The first kappa shape index (κ1) is 8.69. The normalized spacial score (nSPS) is 10.5. The average Bonchev–Trinajstić information content (AvgIpc) is 2.48. The van der Waals surface area contributed by atoms with Crippen molar-refractivity contribution in [3.63, 3.8) is 0 Å². The van der Waals surface area contributed by atoms with Crippen LogP contribution in [0, 0.1) is 10.1 Å². The van der Waals surface area contributed by atoms with Gasteiger partial charge in [-0.25, -0.2) is 0 Å². The van der Waals surface area contributed by atoms with Gasteiger partial charge in [-0.3, -0.25) is 0 Å². The van der Waals surface area contributed by atoms with Crippen LogP contribution in [0.1, 0.15) is 0 Å². The molecular weight excluding hydrogens is 259 g/mol. The van der Waals surface area contributed by atoms with Crippen LogP contribution in [0.15, 0.2) is 17.2 Å². The van der Waals surface area contributed by atoms with Crippen molar-refractivity contribution < 1.29 is 4.92 Å². The van der Waals surface area contributed by atoms with Crippen molar-refractivity contribution in [3.05, 3.63) is 32.3 Å². The van der Waals surface area contributed by atoms with Gasteiger partial charge in [-0.2, -0.15) is 0 Å². The Labute approximate surface area is 84.0 Å². The molecule has 2 rings (SSSR count). The van der Waals surface area contributed by atoms with Crippen molar-refractivity contribution in [2.24, 2.45) is 0 Å². The standard InChI is InChI=1S/C7H3ClN2O2Se/c8-4-1-5-7(13-3-9-5)2-6(4)10(11)12/h1-3H. The summed E-state index contributed by atoms with van der Waals surface area (Å²) in [6, 6.07) is 3.05. The number of nitro benzene ring substituents is 1. The fraction of sp³-hybridized carbons (Fsp3) is 0. The minimum atomic E-state index is -0.475. The molecule has 13 heavy (non-hydrogen) atoms. The van der Waals surface area contributed by atoms with Gasteiger partial charge in [0.1, 0.15) is 0 Å². The molecule has 0 spiro atoms. The number of halogens is 1. The predicted octanol–water partition coefficient (Wildman–Crippen LogP) is 1.85. The van der Waals surface area contributed by atoms with Crippen molar-refractivity contribution in [2.75, 3.05) is 0 Å². The monoisotopic (exact) mass is 262 g/mol. The van der Waals surface area contributed by atoms with Crippen LogP contribution in [-0.4, -0.2) is 24.4 Å². The molecule has 1 aromatic heterocycles. The summed E-state index contributed by atoms with van der Waals surface area (Å²) in [5.41, 5.74) is 0.725. The topological polar surface area (TPSA) is 56.0 Å². The Balaban J connectivity index is 2.76. The van der Waals surface area contributed by atoms with Crippen LogP contribution in [0.3, 0.4) is 0 Å². The third-order valence-electron chi connectivity index (χ3n) is 1.60. The second-order valence-corrected chi connectivity index (χ2v) is 4.65. The van der Waals surface area contributed by atoms with Gasteiger partial charge in [0.15, 0.2) is 0 Å². The predicted molar refractivity (Wildman–Crippen MR) is 50.3 cm³/mol. The van der Waals surface area contributed by atoms with Crippen molar-refractivity contribution in [2.45, 2.75) is 0 Å². The van der Waals surface area contributed by atoms with Gasteiger partial charge in [0.2, 0.25) is 0 Å². The van der Waals surface area contributed by atoms with Crippen molar-refractivity contribution in [3.8, 4) is 0 Å². The van der Waals surface area contributed by atoms with Crippen molar-refractivity contribution >= 4 is 41.6 Å². The van der Waals surface area contributed by atoms with E-state index in [1.165, 1.54) is 6.07 Å². The summed E-state index contributed by atoms with van der Waals surface area (Å²) in [6.07, 6.45) is 0. The first-order chi connectivity index (χ1) is 6.18. The van der Waals surface area contributed by atoms with E-state index in [9.17, 15) is 10.1 Å². The molecular formula is C7H3ClN2O2Se. The number of nitro groups is 1. The fourth-order valence-electron chi connectivity index (χ4n) is 1.01. The summed E-state index contributed by atoms with van der Waals surface area (Å²) in [6.45, 7) is 0. The molecule has 0 aliphatic heterocycles. The fourth-order valence-corrected chi connectivity index (χ4v) is 2.69. The summed E-state index contributed by atoms with van der Waals surface area (Å²) in [4.78, 5) is 14.1. The van der Waals surface area contributed by atoms with Gasteiger partial charge >= 0.3 is 83.8 Å². The number of benzene rings is 1. The van der Waals surface area contributed by atoms with Crippen LogP contribution in [0.25, 0.3) is 9.78 Å². The van der Waals surface area contributed by atoms with Crippen LogP contribution in [0.2, 0.25) is 5.02 Å². The molecule has 0 aliphatic rings. The van der Waals surface area contributed by atoms with Crippen LogP contribution in [0.5, 0.6) is 0 Å². The van der Waals surface area contributed by atoms with Gasteiger partial charge in [-0.05, 0) is 0 Å². The molecule has 66 valence electrons. The zero-order valence-electron chi connectivity index (χ0n) is 6.23. The average molecular weight is 262 g/mol. The van der Waals surface area contributed by atoms with Crippen LogP contribution in [-0.2, 0) is 0 Å². The Bertz CT molecular complexity index is 482. The first-order valence-electron chi connectivity index (χ1n) is 3.35. The molecule has 0 atom stereocenters. The first-order valence-corrected chi connectivity index (χ1v) is 5.58. The quantitative estimate of drug-likeness (QED) is 0.447. The second-order valence-electron chi connectivity index (χ2n) is 2.38. The van der Waals surface area contributed by atoms with Gasteiger partial charge in [0.05, 0.1) is 0 Å². The number of hydrogen-bond acceptors (Lipinski definition) is 3. The van der Waals surface area contributed by atoms with Gasteiger partial charge in [-0.15, -0.1) is 0 Å². The Morgan fingerprint density at radius 3 is 3.00 bits per heavy atom. The zero-order chi connectivity index (χ0) is 9.42. The Hall–Kier alpha value is -0.901. The van der Waals surface area contributed by atoms with Crippen LogP contribution >= 0.6 is 11.6 Å². The molecule has 0 N–H and O–H groups in total. The Morgan fingerprint density at radius 2 is 2.31 bits per heavy atom. The molecule has 0 bridgehead atoms.